The van der Waals surface area contributed by atoms with Crippen LogP contribution in [-0.2, 0) is 33.3 Å². The number of ether oxygens (including phenoxy) is 4. The molecule has 7 heteroatoms. The molecule has 138 valence electrons. The molecule has 7 nitrogen and oxygen atoms in total. The fourth-order valence-electron chi connectivity index (χ4n) is 1.75. The SMILES string of the molecule is CCOC(=O)/C=C/C(C)(C)CCOC(C)(C(=O)OC)C(=O)OCC. The van der Waals surface area contributed by atoms with E-state index < -0.39 is 28.9 Å². The van der Waals surface area contributed by atoms with E-state index in [1.165, 1.54) is 20.1 Å². The monoisotopic (exact) mass is 344 g/mol. The highest BCUT2D eigenvalue weighted by Crippen LogP contribution is 2.24. The van der Waals surface area contributed by atoms with Crippen LogP contribution in [0, 0.1) is 5.41 Å². The van der Waals surface area contributed by atoms with Gasteiger partial charge in [-0.25, -0.2) is 14.4 Å². The van der Waals surface area contributed by atoms with Crippen molar-refractivity contribution < 1.29 is 33.3 Å². The van der Waals surface area contributed by atoms with E-state index in [1.807, 2.05) is 13.8 Å². The zero-order valence-corrected chi connectivity index (χ0v) is 15.3. The van der Waals surface area contributed by atoms with E-state index in [4.69, 9.17) is 14.2 Å². The van der Waals surface area contributed by atoms with Crippen LogP contribution in [0.3, 0.4) is 0 Å². The van der Waals surface area contributed by atoms with E-state index >= 15 is 0 Å². The van der Waals surface area contributed by atoms with E-state index in [9.17, 15) is 14.4 Å². The Hall–Kier alpha value is -1.89. The molecule has 0 aliphatic carbocycles. The zero-order valence-electron chi connectivity index (χ0n) is 15.3. The third-order valence-corrected chi connectivity index (χ3v) is 3.33. The predicted octanol–water partition coefficient (Wildman–Crippen LogP) is 2.03. The number of esters is 3. The maximum absolute atomic E-state index is 12.0. The number of allylic oxidation sites excluding steroid dienone is 1. The number of hydrogen-bond donors (Lipinski definition) is 0. The standard InChI is InChI=1S/C17H28O7/c1-7-22-13(18)9-10-16(3,4)11-12-24-17(5,14(19)21-6)15(20)23-8-2/h9-10H,7-8,11-12H2,1-6H3/b10-9+. The Morgan fingerprint density at radius 3 is 2.04 bits per heavy atom. The molecule has 0 aromatic carbocycles. The Balaban J connectivity index is 4.79. The smallest absolute Gasteiger partial charge is 0.349 e. The number of carbonyl (C=O) groups is 3. The Morgan fingerprint density at radius 1 is 0.958 bits per heavy atom. The molecule has 0 aromatic rings. The molecule has 0 N–H and O–H groups in total. The third-order valence-electron chi connectivity index (χ3n) is 3.33. The van der Waals surface area contributed by atoms with Gasteiger partial charge in [0.15, 0.2) is 0 Å². The summed E-state index contributed by atoms with van der Waals surface area (Å²) in [6.07, 6.45) is 3.53. The van der Waals surface area contributed by atoms with Crippen LogP contribution in [0.1, 0.15) is 41.0 Å². The van der Waals surface area contributed by atoms with Crippen molar-refractivity contribution >= 4 is 17.9 Å². The first-order chi connectivity index (χ1) is 11.1. The van der Waals surface area contributed by atoms with Crippen molar-refractivity contribution in [1.29, 1.82) is 0 Å². The summed E-state index contributed by atoms with van der Waals surface area (Å²) < 4.78 is 19.8. The van der Waals surface area contributed by atoms with Crippen molar-refractivity contribution in [2.24, 2.45) is 5.41 Å². The quantitative estimate of drug-likeness (QED) is 0.259. The fraction of sp³-hybridized carbons (Fsp3) is 0.706. The van der Waals surface area contributed by atoms with Gasteiger partial charge in [-0.15, -0.1) is 0 Å². The lowest BCUT2D eigenvalue weighted by Crippen LogP contribution is -2.48. The molecule has 0 aliphatic rings. The van der Waals surface area contributed by atoms with Crippen LogP contribution >= 0.6 is 0 Å². The lowest BCUT2D eigenvalue weighted by Gasteiger charge is -2.27. The van der Waals surface area contributed by atoms with Crippen LogP contribution in [-0.4, -0.2) is 50.4 Å². The summed E-state index contributed by atoms with van der Waals surface area (Å²) >= 11 is 0. The van der Waals surface area contributed by atoms with Crippen molar-refractivity contribution in [2.75, 3.05) is 26.9 Å². The highest BCUT2D eigenvalue weighted by atomic mass is 16.6. The van der Waals surface area contributed by atoms with Gasteiger partial charge in [0.25, 0.3) is 5.60 Å². The van der Waals surface area contributed by atoms with Crippen molar-refractivity contribution in [3.63, 3.8) is 0 Å². The van der Waals surface area contributed by atoms with E-state index in [0.29, 0.717) is 13.0 Å². The molecule has 0 bridgehead atoms. The van der Waals surface area contributed by atoms with Crippen LogP contribution in [0.4, 0.5) is 0 Å². The molecule has 1 unspecified atom stereocenters. The summed E-state index contributed by atoms with van der Waals surface area (Å²) in [4.78, 5) is 35.2. The van der Waals surface area contributed by atoms with Crippen LogP contribution in [0.2, 0.25) is 0 Å². The van der Waals surface area contributed by atoms with Gasteiger partial charge in [0.2, 0.25) is 0 Å². The van der Waals surface area contributed by atoms with Gasteiger partial charge >= 0.3 is 17.9 Å². The number of hydrogen-bond acceptors (Lipinski definition) is 7. The highest BCUT2D eigenvalue weighted by molar-refractivity contribution is 6.03. The predicted molar refractivity (Wildman–Crippen MR) is 87.2 cm³/mol. The van der Waals surface area contributed by atoms with Gasteiger partial charge in [0.05, 0.1) is 20.3 Å². The number of rotatable bonds is 10. The minimum Gasteiger partial charge on any atom is -0.466 e. The molecule has 0 spiro atoms. The molecule has 0 fully saturated rings. The second-order valence-electron chi connectivity index (χ2n) is 5.92. The van der Waals surface area contributed by atoms with Crippen LogP contribution in [0.25, 0.3) is 0 Å². The second kappa shape index (κ2) is 10.1. The molecule has 0 radical (unpaired) electrons. The third kappa shape index (κ3) is 7.12. The van der Waals surface area contributed by atoms with Crippen LogP contribution < -0.4 is 0 Å². The normalized spacial score (nSPS) is 14.1. The van der Waals surface area contributed by atoms with Gasteiger partial charge in [-0.3, -0.25) is 0 Å². The van der Waals surface area contributed by atoms with Crippen molar-refractivity contribution in [2.45, 2.75) is 46.6 Å². The minimum atomic E-state index is -1.81. The molecule has 0 aliphatic heterocycles. The molecule has 0 saturated carbocycles. The molecule has 24 heavy (non-hydrogen) atoms. The molecular weight excluding hydrogens is 316 g/mol. The maximum atomic E-state index is 12.0. The summed E-state index contributed by atoms with van der Waals surface area (Å²) in [5.41, 5.74) is -2.20. The van der Waals surface area contributed by atoms with Gasteiger partial charge in [-0.2, -0.15) is 0 Å². The Labute approximate surface area is 143 Å². The van der Waals surface area contributed by atoms with Crippen LogP contribution in [0.5, 0.6) is 0 Å². The number of carbonyl (C=O) groups excluding carboxylic acids is 3. The Kier molecular flexibility index (Phi) is 9.28. The summed E-state index contributed by atoms with van der Waals surface area (Å²) in [5.74, 6) is -2.03. The molecule has 0 aromatic heterocycles. The van der Waals surface area contributed by atoms with Gasteiger partial charge in [0.1, 0.15) is 0 Å². The van der Waals surface area contributed by atoms with E-state index in [1.54, 1.807) is 19.9 Å². The summed E-state index contributed by atoms with van der Waals surface area (Å²) in [6.45, 7) is 9.01. The minimum absolute atomic E-state index is 0.102. The van der Waals surface area contributed by atoms with Gasteiger partial charge < -0.3 is 18.9 Å². The molecule has 0 rings (SSSR count). The topological polar surface area (TPSA) is 88.1 Å². The molecule has 1 atom stereocenters. The summed E-state index contributed by atoms with van der Waals surface area (Å²) in [7, 11) is 1.18. The lowest BCUT2D eigenvalue weighted by atomic mass is 9.89. The van der Waals surface area contributed by atoms with Crippen molar-refractivity contribution in [3.8, 4) is 0 Å². The highest BCUT2D eigenvalue weighted by Gasteiger charge is 2.45. The van der Waals surface area contributed by atoms with E-state index in [2.05, 4.69) is 4.74 Å². The van der Waals surface area contributed by atoms with E-state index in [0.717, 1.165) is 0 Å². The first-order valence-corrected chi connectivity index (χ1v) is 7.88. The molecule has 0 amide bonds. The fourth-order valence-corrected chi connectivity index (χ4v) is 1.75. The molecule has 0 saturated heterocycles. The zero-order chi connectivity index (χ0) is 18.8. The van der Waals surface area contributed by atoms with Crippen LogP contribution in [0.15, 0.2) is 12.2 Å². The second-order valence-corrected chi connectivity index (χ2v) is 5.92. The van der Waals surface area contributed by atoms with Gasteiger partial charge in [0, 0.05) is 12.7 Å². The summed E-state index contributed by atoms with van der Waals surface area (Å²) in [6, 6.07) is 0. The van der Waals surface area contributed by atoms with Gasteiger partial charge in [-0.05, 0) is 32.6 Å². The molecular formula is C17H28O7. The first kappa shape index (κ1) is 22.1. The van der Waals surface area contributed by atoms with Crippen molar-refractivity contribution in [3.05, 3.63) is 12.2 Å². The van der Waals surface area contributed by atoms with Gasteiger partial charge in [-0.1, -0.05) is 19.9 Å². The molecule has 0 heterocycles. The Morgan fingerprint density at radius 2 is 1.54 bits per heavy atom. The maximum Gasteiger partial charge on any atom is 0.349 e. The first-order valence-electron chi connectivity index (χ1n) is 7.88. The van der Waals surface area contributed by atoms with E-state index in [-0.39, 0.29) is 13.2 Å². The summed E-state index contributed by atoms with van der Waals surface area (Å²) in [5, 5.41) is 0. The van der Waals surface area contributed by atoms with Crippen molar-refractivity contribution in [1.82, 2.24) is 0 Å². The largest absolute Gasteiger partial charge is 0.466 e. The Bertz CT molecular complexity index is 468. The number of methoxy groups -OCH3 is 1. The average Bonchev–Trinajstić information content (AvgIpc) is 2.52. The lowest BCUT2D eigenvalue weighted by molar-refractivity contribution is -0.187. The average molecular weight is 344 g/mol.